The van der Waals surface area contributed by atoms with Crippen molar-refractivity contribution in [3.8, 4) is 0 Å². The molecule has 1 aliphatic heterocycles. The van der Waals surface area contributed by atoms with Crippen LogP contribution in [-0.4, -0.2) is 37.7 Å². The number of aryl methyl sites for hydroxylation is 1. The van der Waals surface area contributed by atoms with Crippen molar-refractivity contribution in [2.24, 2.45) is 0 Å². The SMILES string of the molecule is CCC1CN(c2ccc(C)cc2)C(=O)O1.CCCOCC(C)=O. The second-order valence-corrected chi connectivity index (χ2v) is 5.61. The third-order valence-electron chi connectivity index (χ3n) is 3.33. The minimum absolute atomic E-state index is 0.0406. The van der Waals surface area contributed by atoms with Crippen LogP contribution in [-0.2, 0) is 14.3 Å². The van der Waals surface area contributed by atoms with Gasteiger partial charge in [0.25, 0.3) is 0 Å². The van der Waals surface area contributed by atoms with Gasteiger partial charge in [-0.1, -0.05) is 31.5 Å². The van der Waals surface area contributed by atoms with E-state index in [2.05, 4.69) is 0 Å². The highest BCUT2D eigenvalue weighted by Gasteiger charge is 2.30. The Balaban J connectivity index is 0.000000284. The van der Waals surface area contributed by atoms with E-state index < -0.39 is 0 Å². The van der Waals surface area contributed by atoms with Gasteiger partial charge in [-0.25, -0.2) is 4.79 Å². The summed E-state index contributed by atoms with van der Waals surface area (Å²) in [6, 6.07) is 7.91. The van der Waals surface area contributed by atoms with Gasteiger partial charge in [0.1, 0.15) is 12.7 Å². The summed E-state index contributed by atoms with van der Waals surface area (Å²) in [4.78, 5) is 23.4. The van der Waals surface area contributed by atoms with E-state index in [1.807, 2.05) is 45.0 Å². The van der Waals surface area contributed by atoms with Gasteiger partial charge in [0.2, 0.25) is 0 Å². The molecule has 1 unspecified atom stereocenters. The number of hydrogen-bond acceptors (Lipinski definition) is 4. The molecule has 0 bridgehead atoms. The molecule has 0 radical (unpaired) electrons. The van der Waals surface area contributed by atoms with Crippen molar-refractivity contribution in [3.63, 3.8) is 0 Å². The second kappa shape index (κ2) is 10.0. The maximum Gasteiger partial charge on any atom is 0.414 e. The Morgan fingerprint density at radius 2 is 1.96 bits per heavy atom. The molecule has 0 aliphatic carbocycles. The minimum atomic E-state index is -0.231. The third kappa shape index (κ3) is 6.82. The summed E-state index contributed by atoms with van der Waals surface area (Å²) in [5, 5.41) is 0. The van der Waals surface area contributed by atoms with E-state index in [0.717, 1.165) is 18.5 Å². The van der Waals surface area contributed by atoms with E-state index >= 15 is 0 Å². The molecule has 0 spiro atoms. The first kappa shape index (κ1) is 19.2. The Labute approximate surface area is 138 Å². The lowest BCUT2D eigenvalue weighted by molar-refractivity contribution is -0.121. The lowest BCUT2D eigenvalue weighted by atomic mass is 10.2. The van der Waals surface area contributed by atoms with Gasteiger partial charge >= 0.3 is 6.09 Å². The number of Topliss-reactive ketones (excluding diaryl/α,β-unsaturated/α-hetero) is 1. The molecule has 1 fully saturated rings. The predicted octanol–water partition coefficient (Wildman–Crippen LogP) is 3.73. The molecule has 1 aromatic carbocycles. The number of carbonyl (C=O) groups is 2. The van der Waals surface area contributed by atoms with E-state index in [1.54, 1.807) is 4.90 Å². The van der Waals surface area contributed by atoms with Crippen molar-refractivity contribution in [2.45, 2.75) is 46.6 Å². The summed E-state index contributed by atoms with van der Waals surface area (Å²) in [6.07, 6.45) is 1.66. The van der Waals surface area contributed by atoms with Gasteiger partial charge in [-0.15, -0.1) is 0 Å². The zero-order valence-electron chi connectivity index (χ0n) is 14.5. The summed E-state index contributed by atoms with van der Waals surface area (Å²) in [5.41, 5.74) is 2.11. The highest BCUT2D eigenvalue weighted by molar-refractivity contribution is 5.89. The van der Waals surface area contributed by atoms with Crippen molar-refractivity contribution in [2.75, 3.05) is 24.7 Å². The normalized spacial score (nSPS) is 16.6. The molecule has 1 atom stereocenters. The summed E-state index contributed by atoms with van der Waals surface area (Å²) in [5.74, 6) is 0.0958. The van der Waals surface area contributed by atoms with Gasteiger partial charge < -0.3 is 9.47 Å². The molecule has 128 valence electrons. The standard InChI is InChI=1S/C12H15NO2.C6H12O2/c1-3-11-8-13(12(14)15-11)10-6-4-9(2)5-7-10;1-3-4-8-5-6(2)7/h4-7,11H,3,8H2,1-2H3;3-5H2,1-2H3. The summed E-state index contributed by atoms with van der Waals surface area (Å²) in [6.45, 7) is 9.22. The van der Waals surface area contributed by atoms with Crippen LogP contribution in [0.15, 0.2) is 24.3 Å². The van der Waals surface area contributed by atoms with Crippen LogP contribution in [0.5, 0.6) is 0 Å². The van der Waals surface area contributed by atoms with Gasteiger partial charge in [-0.2, -0.15) is 0 Å². The average molecular weight is 321 g/mol. The van der Waals surface area contributed by atoms with Gasteiger partial charge in [0, 0.05) is 12.3 Å². The van der Waals surface area contributed by atoms with Gasteiger partial charge in [-0.05, 0) is 38.8 Å². The van der Waals surface area contributed by atoms with E-state index in [0.29, 0.717) is 13.2 Å². The van der Waals surface area contributed by atoms with Crippen molar-refractivity contribution in [1.82, 2.24) is 0 Å². The number of hydrogen-bond donors (Lipinski definition) is 0. The molecule has 5 nitrogen and oxygen atoms in total. The first-order valence-corrected chi connectivity index (χ1v) is 8.09. The monoisotopic (exact) mass is 321 g/mol. The van der Waals surface area contributed by atoms with Crippen LogP contribution in [0.4, 0.5) is 10.5 Å². The van der Waals surface area contributed by atoms with E-state index in [-0.39, 0.29) is 24.6 Å². The van der Waals surface area contributed by atoms with Gasteiger partial charge in [-0.3, -0.25) is 9.69 Å². The molecule has 5 heteroatoms. The molecule has 1 amide bonds. The van der Waals surface area contributed by atoms with Gasteiger partial charge in [0.05, 0.1) is 6.54 Å². The van der Waals surface area contributed by atoms with Crippen molar-refractivity contribution in [3.05, 3.63) is 29.8 Å². The number of ether oxygens (including phenoxy) is 2. The Morgan fingerprint density at radius 1 is 1.30 bits per heavy atom. The number of ketones is 1. The molecule has 0 N–H and O–H groups in total. The summed E-state index contributed by atoms with van der Waals surface area (Å²) in [7, 11) is 0. The number of nitrogens with zero attached hydrogens (tertiary/aromatic N) is 1. The smallest absolute Gasteiger partial charge is 0.414 e. The van der Waals surface area contributed by atoms with Crippen LogP contribution in [0.2, 0.25) is 0 Å². The fourth-order valence-corrected chi connectivity index (χ4v) is 2.03. The maximum atomic E-state index is 11.5. The number of rotatable bonds is 6. The molecule has 0 aromatic heterocycles. The number of benzene rings is 1. The second-order valence-electron chi connectivity index (χ2n) is 5.61. The average Bonchev–Trinajstić information content (AvgIpc) is 2.90. The molecule has 1 heterocycles. The van der Waals surface area contributed by atoms with Crippen LogP contribution >= 0.6 is 0 Å². The summed E-state index contributed by atoms with van der Waals surface area (Å²) < 4.78 is 10.1. The summed E-state index contributed by atoms with van der Waals surface area (Å²) >= 11 is 0. The number of anilines is 1. The minimum Gasteiger partial charge on any atom is -0.444 e. The molecule has 1 saturated heterocycles. The highest BCUT2D eigenvalue weighted by atomic mass is 16.6. The van der Waals surface area contributed by atoms with E-state index in [1.165, 1.54) is 12.5 Å². The van der Waals surface area contributed by atoms with Crippen molar-refractivity contribution in [1.29, 1.82) is 0 Å². The largest absolute Gasteiger partial charge is 0.444 e. The Morgan fingerprint density at radius 3 is 2.43 bits per heavy atom. The lowest BCUT2D eigenvalue weighted by Crippen LogP contribution is -2.24. The molecule has 1 aliphatic rings. The third-order valence-corrected chi connectivity index (χ3v) is 3.33. The molecule has 0 saturated carbocycles. The van der Waals surface area contributed by atoms with Crippen LogP contribution < -0.4 is 4.90 Å². The van der Waals surface area contributed by atoms with Gasteiger partial charge in [0.15, 0.2) is 5.78 Å². The van der Waals surface area contributed by atoms with Crippen molar-refractivity contribution >= 4 is 17.6 Å². The number of carbonyl (C=O) groups excluding carboxylic acids is 2. The maximum absolute atomic E-state index is 11.5. The first-order chi connectivity index (χ1) is 11.0. The van der Waals surface area contributed by atoms with Crippen molar-refractivity contribution < 1.29 is 19.1 Å². The topological polar surface area (TPSA) is 55.8 Å². The lowest BCUT2D eigenvalue weighted by Gasteiger charge is -2.12. The van der Waals surface area contributed by atoms with Crippen LogP contribution in [0, 0.1) is 6.92 Å². The fourth-order valence-electron chi connectivity index (χ4n) is 2.03. The number of amides is 1. The zero-order chi connectivity index (χ0) is 17.2. The number of cyclic esters (lactones) is 1. The molecule has 2 rings (SSSR count). The van der Waals surface area contributed by atoms with Crippen LogP contribution in [0.3, 0.4) is 0 Å². The van der Waals surface area contributed by atoms with E-state index in [9.17, 15) is 9.59 Å². The quantitative estimate of drug-likeness (QED) is 0.749. The molecular formula is C18H27NO4. The molecular weight excluding hydrogens is 294 g/mol. The van der Waals surface area contributed by atoms with Crippen LogP contribution in [0.1, 0.15) is 39.2 Å². The van der Waals surface area contributed by atoms with E-state index in [4.69, 9.17) is 9.47 Å². The first-order valence-electron chi connectivity index (χ1n) is 8.09. The molecule has 1 aromatic rings. The Hall–Kier alpha value is -1.88. The fraction of sp³-hybridized carbons (Fsp3) is 0.556. The van der Waals surface area contributed by atoms with Crippen LogP contribution in [0.25, 0.3) is 0 Å². The zero-order valence-corrected chi connectivity index (χ0v) is 14.5. The molecule has 23 heavy (non-hydrogen) atoms. The Bertz CT molecular complexity index is 498. The highest BCUT2D eigenvalue weighted by Crippen LogP contribution is 2.22. The Kier molecular flexibility index (Phi) is 8.33. The predicted molar refractivity (Wildman–Crippen MR) is 90.9 cm³/mol.